The lowest BCUT2D eigenvalue weighted by Crippen LogP contribution is -2.44. The number of allylic oxidation sites excluding steroid dienone is 1. The Labute approximate surface area is 228 Å². The number of phenolic OH excluding ortho intramolecular Hbond substituents is 1. The van der Waals surface area contributed by atoms with Gasteiger partial charge in [0.1, 0.15) is 23.9 Å². The Morgan fingerprint density at radius 1 is 1.00 bits per heavy atom. The first-order chi connectivity index (χ1) is 18.5. The molecule has 3 atom stereocenters. The van der Waals surface area contributed by atoms with Crippen LogP contribution in [0.4, 0.5) is 0 Å². The lowest BCUT2D eigenvalue weighted by atomic mass is 9.72. The van der Waals surface area contributed by atoms with Crippen molar-refractivity contribution in [2.75, 3.05) is 46.5 Å². The molecule has 6 heteroatoms. The number of benzene rings is 2. The van der Waals surface area contributed by atoms with Gasteiger partial charge in [0, 0.05) is 25.7 Å². The summed E-state index contributed by atoms with van der Waals surface area (Å²) in [5.41, 5.74) is 3.79. The monoisotopic (exact) mass is 520 g/mol. The van der Waals surface area contributed by atoms with E-state index in [4.69, 9.17) is 9.47 Å². The van der Waals surface area contributed by atoms with Crippen molar-refractivity contribution in [2.24, 2.45) is 11.8 Å². The maximum Gasteiger partial charge on any atom is 0.119 e. The first-order valence-corrected chi connectivity index (χ1v) is 14.1. The molecule has 0 saturated heterocycles. The Morgan fingerprint density at radius 3 is 2.50 bits per heavy atom. The molecule has 6 nitrogen and oxygen atoms in total. The van der Waals surface area contributed by atoms with Crippen LogP contribution in [0, 0.1) is 11.8 Å². The normalized spacial score (nSPS) is 20.9. The Bertz CT molecular complexity index is 1080. The fourth-order valence-electron chi connectivity index (χ4n) is 5.89. The van der Waals surface area contributed by atoms with Gasteiger partial charge >= 0.3 is 0 Å². The van der Waals surface area contributed by atoms with E-state index in [0.717, 1.165) is 57.0 Å². The Morgan fingerprint density at radius 2 is 1.79 bits per heavy atom. The number of nitrogens with zero attached hydrogens (tertiary/aromatic N) is 2. The average molecular weight is 521 g/mol. The van der Waals surface area contributed by atoms with Crippen LogP contribution in [0.25, 0.3) is 0 Å². The van der Waals surface area contributed by atoms with E-state index in [9.17, 15) is 10.2 Å². The van der Waals surface area contributed by atoms with Gasteiger partial charge in [0.2, 0.25) is 0 Å². The van der Waals surface area contributed by atoms with Crippen molar-refractivity contribution in [1.82, 2.24) is 9.80 Å². The molecule has 0 aromatic heterocycles. The van der Waals surface area contributed by atoms with Gasteiger partial charge in [-0.3, -0.25) is 4.90 Å². The predicted molar refractivity (Wildman–Crippen MR) is 152 cm³/mol. The maximum absolute atomic E-state index is 9.99. The van der Waals surface area contributed by atoms with E-state index in [1.54, 1.807) is 13.2 Å². The molecule has 0 heterocycles. The molecule has 2 aliphatic rings. The van der Waals surface area contributed by atoms with E-state index in [-0.39, 0.29) is 12.6 Å². The number of hydrogen-bond acceptors (Lipinski definition) is 6. The van der Waals surface area contributed by atoms with Crippen LogP contribution in [0.3, 0.4) is 0 Å². The highest BCUT2D eigenvalue weighted by Crippen LogP contribution is 2.38. The molecule has 2 N–H and O–H groups in total. The molecule has 38 heavy (non-hydrogen) atoms. The van der Waals surface area contributed by atoms with Gasteiger partial charge in [-0.1, -0.05) is 38.1 Å². The van der Waals surface area contributed by atoms with Crippen molar-refractivity contribution in [2.45, 2.75) is 45.7 Å². The quantitative estimate of drug-likeness (QED) is 0.396. The molecule has 0 amide bonds. The van der Waals surface area contributed by atoms with Gasteiger partial charge in [-0.2, -0.15) is 0 Å². The molecule has 2 aromatic rings. The number of likely N-dealkylation sites (N-methyl/N-ethyl adjacent to an activating group) is 1. The van der Waals surface area contributed by atoms with Gasteiger partial charge in [0.25, 0.3) is 0 Å². The zero-order valence-electron chi connectivity index (χ0n) is 23.2. The van der Waals surface area contributed by atoms with Crippen LogP contribution < -0.4 is 4.74 Å². The van der Waals surface area contributed by atoms with E-state index >= 15 is 0 Å². The number of aromatic hydroxyl groups is 1. The predicted octanol–water partition coefficient (Wildman–Crippen LogP) is 4.80. The summed E-state index contributed by atoms with van der Waals surface area (Å²) in [5, 5.41) is 19.9. The van der Waals surface area contributed by atoms with Gasteiger partial charge < -0.3 is 24.6 Å². The van der Waals surface area contributed by atoms with Crippen LogP contribution in [-0.2, 0) is 24.1 Å². The number of phenols is 1. The second kappa shape index (κ2) is 13.8. The van der Waals surface area contributed by atoms with Crippen molar-refractivity contribution in [3.05, 3.63) is 83.1 Å². The Kier molecular flexibility index (Phi) is 10.3. The van der Waals surface area contributed by atoms with E-state index in [1.165, 1.54) is 16.7 Å². The highest BCUT2D eigenvalue weighted by molar-refractivity contribution is 5.37. The van der Waals surface area contributed by atoms with E-state index in [2.05, 4.69) is 72.2 Å². The molecule has 0 bridgehead atoms. The smallest absolute Gasteiger partial charge is 0.119 e. The molecule has 206 valence electrons. The minimum Gasteiger partial charge on any atom is -0.508 e. The average Bonchev–Trinajstić information content (AvgIpc) is 2.95. The van der Waals surface area contributed by atoms with Gasteiger partial charge in [-0.15, -0.1) is 0 Å². The molecular formula is C32H44N2O4. The third-order valence-electron chi connectivity index (χ3n) is 8.14. The summed E-state index contributed by atoms with van der Waals surface area (Å²) in [6.45, 7) is 9.45. The molecule has 2 aromatic carbocycles. The molecule has 0 fully saturated rings. The molecular weight excluding hydrogens is 476 g/mol. The number of hydrogen-bond donors (Lipinski definition) is 2. The van der Waals surface area contributed by atoms with Gasteiger partial charge in [-0.25, -0.2) is 0 Å². The molecule has 0 radical (unpaired) electrons. The van der Waals surface area contributed by atoms with Crippen LogP contribution >= 0.6 is 0 Å². The third-order valence-corrected chi connectivity index (χ3v) is 8.14. The Hall–Kier alpha value is -2.80. The summed E-state index contributed by atoms with van der Waals surface area (Å²) in [7, 11) is 1.71. The van der Waals surface area contributed by atoms with Crippen molar-refractivity contribution >= 4 is 0 Å². The summed E-state index contributed by atoms with van der Waals surface area (Å²) in [5.74, 6) is 2.89. The largest absolute Gasteiger partial charge is 0.508 e. The van der Waals surface area contributed by atoms with E-state index in [0.29, 0.717) is 30.7 Å². The van der Waals surface area contributed by atoms with Crippen LogP contribution in [-0.4, -0.2) is 72.6 Å². The van der Waals surface area contributed by atoms with Gasteiger partial charge in [0.05, 0.1) is 13.7 Å². The maximum atomic E-state index is 9.99. The minimum atomic E-state index is 0.0996. The molecule has 4 rings (SSSR count). The number of fused-ring (bicyclic) bond motifs is 1. The fraction of sp³-hybridized carbons (Fsp3) is 0.500. The molecule has 0 aliphatic heterocycles. The van der Waals surface area contributed by atoms with E-state index in [1.807, 2.05) is 6.07 Å². The minimum absolute atomic E-state index is 0.0996. The first-order valence-electron chi connectivity index (χ1n) is 14.1. The van der Waals surface area contributed by atoms with Crippen molar-refractivity contribution in [1.29, 1.82) is 0 Å². The number of methoxy groups -OCH3 is 1. The van der Waals surface area contributed by atoms with Crippen LogP contribution in [0.1, 0.15) is 37.0 Å². The zero-order chi connectivity index (χ0) is 26.9. The summed E-state index contributed by atoms with van der Waals surface area (Å²) in [6.07, 6.45) is 9.65. The number of aliphatic hydroxyl groups is 1. The van der Waals surface area contributed by atoms with Crippen molar-refractivity contribution in [3.8, 4) is 11.5 Å². The standard InChI is InChI=1S/C32H44N2O4/c1-4-33(5-2)17-19-38-29-12-6-24(7-13-29)23-34(16-18-35)32-22-30(37-3)14-15-31(32)27-9-8-26-21-28(36)11-10-25(26)20-27/h6-7,10-15,21-22,27,31-32,35-36H,4-5,8-9,16-20,23H2,1-3H3/t27-,31?,32?/m1/s1. The number of ether oxygens (including phenoxy) is 2. The fourth-order valence-corrected chi connectivity index (χ4v) is 5.89. The van der Waals surface area contributed by atoms with Crippen LogP contribution in [0.2, 0.25) is 0 Å². The number of rotatable bonds is 13. The summed E-state index contributed by atoms with van der Waals surface area (Å²) in [4.78, 5) is 4.72. The van der Waals surface area contributed by atoms with Gasteiger partial charge in [0.15, 0.2) is 0 Å². The SMILES string of the molecule is CCN(CC)CCOc1ccc(CN(CCO)C2C=C(OC)C=CC2[C@@H]2CCc3cc(O)ccc3C2)cc1. The summed E-state index contributed by atoms with van der Waals surface area (Å²) in [6, 6.07) is 14.3. The van der Waals surface area contributed by atoms with Crippen LogP contribution in [0.15, 0.2) is 66.5 Å². The summed E-state index contributed by atoms with van der Waals surface area (Å²) < 4.78 is 11.6. The second-order valence-corrected chi connectivity index (χ2v) is 10.4. The highest BCUT2D eigenvalue weighted by atomic mass is 16.5. The molecule has 0 spiro atoms. The van der Waals surface area contributed by atoms with Gasteiger partial charge in [-0.05, 0) is 97.3 Å². The van der Waals surface area contributed by atoms with E-state index < -0.39 is 0 Å². The number of aryl methyl sites for hydroxylation is 1. The molecule has 2 unspecified atom stereocenters. The second-order valence-electron chi connectivity index (χ2n) is 10.4. The first kappa shape index (κ1) is 28.2. The number of aliphatic hydroxyl groups excluding tert-OH is 1. The highest BCUT2D eigenvalue weighted by Gasteiger charge is 2.34. The lowest BCUT2D eigenvalue weighted by molar-refractivity contribution is 0.115. The van der Waals surface area contributed by atoms with Crippen LogP contribution in [0.5, 0.6) is 11.5 Å². The topological polar surface area (TPSA) is 65.4 Å². The lowest BCUT2D eigenvalue weighted by Gasteiger charge is -2.41. The molecule has 2 aliphatic carbocycles. The summed E-state index contributed by atoms with van der Waals surface area (Å²) >= 11 is 0. The molecule has 0 saturated carbocycles. The van der Waals surface area contributed by atoms with Crippen molar-refractivity contribution in [3.63, 3.8) is 0 Å². The third kappa shape index (κ3) is 7.19. The zero-order valence-corrected chi connectivity index (χ0v) is 23.2. The van der Waals surface area contributed by atoms with Crippen molar-refractivity contribution < 1.29 is 19.7 Å². The Balaban J connectivity index is 1.46.